The van der Waals surface area contributed by atoms with Gasteiger partial charge in [0.25, 0.3) is 0 Å². The first-order chi connectivity index (χ1) is 8.58. The molecule has 0 aliphatic carbocycles. The van der Waals surface area contributed by atoms with Crippen LogP contribution in [0.4, 0.5) is 5.82 Å². The second kappa shape index (κ2) is 5.14. The van der Waals surface area contributed by atoms with E-state index in [1.165, 1.54) is 0 Å². The van der Waals surface area contributed by atoms with Gasteiger partial charge in [0.2, 0.25) is 0 Å². The summed E-state index contributed by atoms with van der Waals surface area (Å²) in [5.74, 6) is 1.58. The molecule has 2 aromatic rings. The van der Waals surface area contributed by atoms with Crippen molar-refractivity contribution in [3.8, 4) is 0 Å². The SMILES string of the molecule is Cc1noc(C)c1CNc1ccc(C(N)=S)cn1. The highest BCUT2D eigenvalue weighted by atomic mass is 32.1. The third-order valence-electron chi connectivity index (χ3n) is 2.68. The largest absolute Gasteiger partial charge is 0.389 e. The number of thiocarbonyl (C=S) groups is 1. The molecule has 0 aliphatic heterocycles. The van der Waals surface area contributed by atoms with Crippen molar-refractivity contribution in [2.45, 2.75) is 20.4 Å². The third kappa shape index (κ3) is 2.65. The summed E-state index contributed by atoms with van der Waals surface area (Å²) in [6, 6.07) is 3.68. The van der Waals surface area contributed by atoms with Gasteiger partial charge in [-0.3, -0.25) is 0 Å². The molecule has 0 saturated carbocycles. The predicted molar refractivity (Wildman–Crippen MR) is 73.4 cm³/mol. The molecule has 0 bridgehead atoms. The number of pyridine rings is 1. The summed E-state index contributed by atoms with van der Waals surface area (Å²) in [6.45, 7) is 4.43. The zero-order chi connectivity index (χ0) is 13.1. The summed E-state index contributed by atoms with van der Waals surface area (Å²) >= 11 is 4.87. The first-order valence-corrected chi connectivity index (χ1v) is 5.90. The standard InChI is InChI=1S/C12H14N4OS/c1-7-10(8(2)17-16-7)6-15-11-4-3-9(5-14-11)12(13)18/h3-5H,6H2,1-2H3,(H2,13,18)(H,14,15). The van der Waals surface area contributed by atoms with Gasteiger partial charge in [-0.1, -0.05) is 17.4 Å². The summed E-state index contributed by atoms with van der Waals surface area (Å²) in [5.41, 5.74) is 8.20. The normalized spacial score (nSPS) is 10.3. The molecule has 0 unspecified atom stereocenters. The lowest BCUT2D eigenvalue weighted by atomic mass is 10.2. The van der Waals surface area contributed by atoms with E-state index >= 15 is 0 Å². The fraction of sp³-hybridized carbons (Fsp3) is 0.250. The summed E-state index contributed by atoms with van der Waals surface area (Å²) in [6.07, 6.45) is 1.65. The fourth-order valence-electron chi connectivity index (χ4n) is 1.58. The monoisotopic (exact) mass is 262 g/mol. The molecule has 3 N–H and O–H groups in total. The molecular weight excluding hydrogens is 248 g/mol. The molecule has 0 fully saturated rings. The fourth-order valence-corrected chi connectivity index (χ4v) is 1.70. The minimum atomic E-state index is 0.347. The van der Waals surface area contributed by atoms with Crippen LogP contribution in [-0.4, -0.2) is 15.1 Å². The van der Waals surface area contributed by atoms with E-state index < -0.39 is 0 Å². The van der Waals surface area contributed by atoms with Crippen LogP contribution >= 0.6 is 12.2 Å². The maximum atomic E-state index is 5.51. The second-order valence-corrected chi connectivity index (χ2v) is 4.39. The van der Waals surface area contributed by atoms with Gasteiger partial charge in [0, 0.05) is 23.9 Å². The van der Waals surface area contributed by atoms with Gasteiger partial charge in [-0.25, -0.2) is 4.98 Å². The Labute approximate surface area is 110 Å². The van der Waals surface area contributed by atoms with Crippen LogP contribution in [0.1, 0.15) is 22.6 Å². The van der Waals surface area contributed by atoms with Crippen LogP contribution in [0.3, 0.4) is 0 Å². The number of hydrogen-bond acceptors (Lipinski definition) is 5. The average molecular weight is 262 g/mol. The number of rotatable bonds is 4. The van der Waals surface area contributed by atoms with Gasteiger partial charge in [0.05, 0.1) is 5.69 Å². The molecule has 6 heteroatoms. The van der Waals surface area contributed by atoms with Crippen molar-refractivity contribution in [1.29, 1.82) is 0 Å². The van der Waals surface area contributed by atoms with E-state index in [1.807, 2.05) is 26.0 Å². The van der Waals surface area contributed by atoms with Crippen LogP contribution in [0, 0.1) is 13.8 Å². The van der Waals surface area contributed by atoms with Gasteiger partial charge in [-0.05, 0) is 26.0 Å². The van der Waals surface area contributed by atoms with E-state index in [4.69, 9.17) is 22.5 Å². The first-order valence-electron chi connectivity index (χ1n) is 5.49. The Morgan fingerprint density at radius 3 is 2.72 bits per heavy atom. The maximum absolute atomic E-state index is 5.51. The maximum Gasteiger partial charge on any atom is 0.138 e. The van der Waals surface area contributed by atoms with Crippen LogP contribution in [-0.2, 0) is 6.54 Å². The Bertz CT molecular complexity index is 542. The lowest BCUT2D eigenvalue weighted by Gasteiger charge is -2.05. The average Bonchev–Trinajstić information content (AvgIpc) is 2.67. The lowest BCUT2D eigenvalue weighted by molar-refractivity contribution is 0.392. The third-order valence-corrected chi connectivity index (χ3v) is 2.91. The van der Waals surface area contributed by atoms with Gasteiger partial charge in [0.1, 0.15) is 16.6 Å². The highest BCUT2D eigenvalue weighted by Crippen LogP contribution is 2.14. The number of nitrogens with two attached hydrogens (primary N) is 1. The van der Waals surface area contributed by atoms with E-state index in [-0.39, 0.29) is 0 Å². The van der Waals surface area contributed by atoms with Crippen LogP contribution in [0.2, 0.25) is 0 Å². The second-order valence-electron chi connectivity index (χ2n) is 3.95. The van der Waals surface area contributed by atoms with E-state index in [1.54, 1.807) is 6.20 Å². The van der Waals surface area contributed by atoms with Gasteiger partial charge < -0.3 is 15.6 Å². The van der Waals surface area contributed by atoms with Crippen molar-refractivity contribution in [3.63, 3.8) is 0 Å². The first kappa shape index (κ1) is 12.5. The van der Waals surface area contributed by atoms with Gasteiger partial charge in [0.15, 0.2) is 0 Å². The van der Waals surface area contributed by atoms with E-state index in [0.717, 1.165) is 28.4 Å². The lowest BCUT2D eigenvalue weighted by Crippen LogP contribution is -2.10. The Morgan fingerprint density at radius 1 is 1.44 bits per heavy atom. The van der Waals surface area contributed by atoms with Crippen molar-refractivity contribution < 1.29 is 4.52 Å². The van der Waals surface area contributed by atoms with E-state index in [9.17, 15) is 0 Å². The van der Waals surface area contributed by atoms with Gasteiger partial charge in [-0.15, -0.1) is 0 Å². The summed E-state index contributed by atoms with van der Waals surface area (Å²) in [5, 5.41) is 7.10. The number of nitrogens with zero attached hydrogens (tertiary/aromatic N) is 2. The topological polar surface area (TPSA) is 77.0 Å². The van der Waals surface area contributed by atoms with Crippen molar-refractivity contribution in [3.05, 3.63) is 40.9 Å². The van der Waals surface area contributed by atoms with Crippen LogP contribution in [0.25, 0.3) is 0 Å². The van der Waals surface area contributed by atoms with E-state index in [0.29, 0.717) is 11.5 Å². The van der Waals surface area contributed by atoms with Crippen molar-refractivity contribution >= 4 is 23.0 Å². The number of nitrogens with one attached hydrogen (secondary N) is 1. The molecule has 18 heavy (non-hydrogen) atoms. The smallest absolute Gasteiger partial charge is 0.138 e. The Morgan fingerprint density at radius 2 is 2.22 bits per heavy atom. The molecule has 2 aromatic heterocycles. The zero-order valence-corrected chi connectivity index (χ0v) is 11.0. The van der Waals surface area contributed by atoms with E-state index in [2.05, 4.69) is 15.5 Å². The Balaban J connectivity index is 2.04. The molecule has 2 rings (SSSR count). The number of anilines is 1. The minimum absolute atomic E-state index is 0.347. The Hall–Kier alpha value is -1.95. The van der Waals surface area contributed by atoms with Crippen LogP contribution < -0.4 is 11.1 Å². The molecule has 0 saturated heterocycles. The molecule has 5 nitrogen and oxygen atoms in total. The van der Waals surface area contributed by atoms with Crippen LogP contribution in [0.15, 0.2) is 22.9 Å². The van der Waals surface area contributed by atoms with Gasteiger partial charge in [-0.2, -0.15) is 0 Å². The van der Waals surface area contributed by atoms with Crippen molar-refractivity contribution in [2.24, 2.45) is 5.73 Å². The molecular formula is C12H14N4OS. The minimum Gasteiger partial charge on any atom is -0.389 e. The highest BCUT2D eigenvalue weighted by molar-refractivity contribution is 7.80. The molecule has 0 aliphatic rings. The number of aryl methyl sites for hydroxylation is 2. The van der Waals surface area contributed by atoms with Crippen molar-refractivity contribution in [1.82, 2.24) is 10.1 Å². The summed E-state index contributed by atoms with van der Waals surface area (Å²) in [7, 11) is 0. The zero-order valence-electron chi connectivity index (χ0n) is 10.2. The molecule has 0 spiro atoms. The number of aromatic nitrogens is 2. The summed E-state index contributed by atoms with van der Waals surface area (Å²) in [4.78, 5) is 4.58. The molecule has 0 amide bonds. The molecule has 94 valence electrons. The Kier molecular flexibility index (Phi) is 3.57. The van der Waals surface area contributed by atoms with Gasteiger partial charge >= 0.3 is 0 Å². The highest BCUT2D eigenvalue weighted by Gasteiger charge is 2.08. The quantitative estimate of drug-likeness (QED) is 0.820. The van der Waals surface area contributed by atoms with Crippen LogP contribution in [0.5, 0.6) is 0 Å². The predicted octanol–water partition coefficient (Wildman–Crippen LogP) is 1.93. The molecule has 0 atom stereocenters. The van der Waals surface area contributed by atoms with Crippen molar-refractivity contribution in [2.75, 3.05) is 5.32 Å². The molecule has 0 radical (unpaired) electrons. The number of hydrogen-bond donors (Lipinski definition) is 2. The molecule has 0 aromatic carbocycles. The molecule has 2 heterocycles. The summed E-state index contributed by atoms with van der Waals surface area (Å²) < 4.78 is 5.09.